The van der Waals surface area contributed by atoms with E-state index in [-0.39, 0.29) is 6.04 Å². The topological polar surface area (TPSA) is 73.0 Å². The van der Waals surface area contributed by atoms with Gasteiger partial charge in [0.2, 0.25) is 0 Å². The molecule has 2 aromatic rings. The largest absolute Gasteiger partial charge is 0.377 e. The van der Waals surface area contributed by atoms with Gasteiger partial charge in [-0.25, -0.2) is 9.59 Å². The molecule has 1 amide bonds. The van der Waals surface area contributed by atoms with E-state index in [1.54, 1.807) is 30.1 Å². The highest BCUT2D eigenvalue weighted by atomic mass is 79.9. The summed E-state index contributed by atoms with van der Waals surface area (Å²) in [6.45, 7) is 0. The molecular formula is C14H16BrN5O2S. The summed E-state index contributed by atoms with van der Waals surface area (Å²) in [7, 11) is 1.72. The number of tetrazole rings is 1. The van der Waals surface area contributed by atoms with Crippen LogP contribution in [0.4, 0.5) is 4.79 Å². The van der Waals surface area contributed by atoms with Gasteiger partial charge in [-0.2, -0.15) is 16.4 Å². The Hall–Kier alpha value is -1.61. The lowest BCUT2D eigenvalue weighted by molar-refractivity contribution is 0.183. The molecule has 0 spiro atoms. The molecule has 2 heterocycles. The summed E-state index contributed by atoms with van der Waals surface area (Å²) in [6.07, 6.45) is 1.86. The number of amides is 1. The zero-order valence-corrected chi connectivity index (χ0v) is 15.0. The monoisotopic (exact) mass is 397 g/mol. The summed E-state index contributed by atoms with van der Waals surface area (Å²) in [5.41, 5.74) is -0.0211. The van der Waals surface area contributed by atoms with Crippen molar-refractivity contribution in [2.75, 3.05) is 18.6 Å². The van der Waals surface area contributed by atoms with Gasteiger partial charge in [0.1, 0.15) is 0 Å². The maximum Gasteiger partial charge on any atom is 0.377 e. The van der Waals surface area contributed by atoms with E-state index in [1.165, 1.54) is 0 Å². The Labute approximate surface area is 145 Å². The predicted octanol–water partition coefficient (Wildman–Crippen LogP) is 1.99. The molecule has 0 atom stereocenters. The highest BCUT2D eigenvalue weighted by molar-refractivity contribution is 9.10. The van der Waals surface area contributed by atoms with Gasteiger partial charge in [0.25, 0.3) is 0 Å². The summed E-state index contributed by atoms with van der Waals surface area (Å²) < 4.78 is 2.65. The first-order chi connectivity index (χ1) is 11.1. The molecule has 0 aliphatic carbocycles. The van der Waals surface area contributed by atoms with Gasteiger partial charge in [-0.1, -0.05) is 12.1 Å². The molecule has 122 valence electrons. The van der Waals surface area contributed by atoms with Crippen LogP contribution in [0.5, 0.6) is 0 Å². The maximum absolute atomic E-state index is 12.5. The zero-order chi connectivity index (χ0) is 16.4. The van der Waals surface area contributed by atoms with Gasteiger partial charge in [0.05, 0.1) is 5.69 Å². The van der Waals surface area contributed by atoms with E-state index in [1.807, 2.05) is 17.8 Å². The number of para-hydroxylation sites is 1. The van der Waals surface area contributed by atoms with Crippen molar-refractivity contribution < 1.29 is 4.79 Å². The van der Waals surface area contributed by atoms with E-state index in [4.69, 9.17) is 0 Å². The van der Waals surface area contributed by atoms with Gasteiger partial charge in [-0.15, -0.1) is 4.68 Å². The van der Waals surface area contributed by atoms with Gasteiger partial charge in [-0.05, 0) is 62.8 Å². The lowest BCUT2D eigenvalue weighted by Gasteiger charge is -2.30. The number of hydrogen-bond acceptors (Lipinski definition) is 5. The lowest BCUT2D eigenvalue weighted by Crippen LogP contribution is -2.45. The Kier molecular flexibility index (Phi) is 4.86. The summed E-state index contributed by atoms with van der Waals surface area (Å²) in [6, 6.07) is 6.86. The van der Waals surface area contributed by atoms with Crippen LogP contribution in [0.15, 0.2) is 33.5 Å². The molecule has 9 heteroatoms. The fourth-order valence-corrected chi connectivity index (χ4v) is 4.05. The number of aromatic nitrogens is 4. The Bertz CT molecular complexity index is 769. The van der Waals surface area contributed by atoms with Crippen LogP contribution < -0.4 is 5.69 Å². The Morgan fingerprint density at radius 2 is 2.00 bits per heavy atom. The van der Waals surface area contributed by atoms with Crippen LogP contribution in [-0.4, -0.2) is 55.3 Å². The summed E-state index contributed by atoms with van der Waals surface area (Å²) in [5.74, 6) is 2.06. The van der Waals surface area contributed by atoms with E-state index < -0.39 is 11.7 Å². The van der Waals surface area contributed by atoms with Crippen molar-refractivity contribution in [3.05, 3.63) is 39.2 Å². The minimum Gasteiger partial charge on any atom is -0.323 e. The van der Waals surface area contributed by atoms with Crippen molar-refractivity contribution in [1.29, 1.82) is 0 Å². The summed E-state index contributed by atoms with van der Waals surface area (Å²) in [5, 5.41) is 7.58. The number of benzene rings is 1. The second kappa shape index (κ2) is 6.88. The van der Waals surface area contributed by atoms with Crippen LogP contribution in [0, 0.1) is 0 Å². The lowest BCUT2D eigenvalue weighted by atomic mass is 10.1. The van der Waals surface area contributed by atoms with Crippen LogP contribution >= 0.6 is 27.7 Å². The number of nitrogens with zero attached hydrogens (tertiary/aromatic N) is 5. The van der Waals surface area contributed by atoms with E-state index in [0.29, 0.717) is 10.2 Å². The molecule has 7 nitrogen and oxygen atoms in total. The number of carbonyl (C=O) groups is 1. The highest BCUT2D eigenvalue weighted by Crippen LogP contribution is 2.21. The smallest absolute Gasteiger partial charge is 0.323 e. The van der Waals surface area contributed by atoms with Crippen LogP contribution in [0.25, 0.3) is 5.69 Å². The summed E-state index contributed by atoms with van der Waals surface area (Å²) in [4.78, 5) is 26.6. The van der Waals surface area contributed by atoms with Gasteiger partial charge < -0.3 is 4.90 Å². The number of rotatable bonds is 2. The quantitative estimate of drug-likeness (QED) is 0.724. The standard InChI is InChI=1S/C14H16BrN5O2S/c1-18(10-6-8-23-9-7-10)13(21)20-14(22)19(16-17-20)12-5-3-2-4-11(12)15/h2-5,10H,6-9H2,1H3. The molecular weight excluding hydrogens is 382 g/mol. The number of hydrogen-bond donors (Lipinski definition) is 0. The highest BCUT2D eigenvalue weighted by Gasteiger charge is 2.26. The van der Waals surface area contributed by atoms with Crippen LogP contribution in [0.3, 0.4) is 0 Å². The van der Waals surface area contributed by atoms with Gasteiger partial charge in [-0.3, -0.25) is 0 Å². The summed E-state index contributed by atoms with van der Waals surface area (Å²) >= 11 is 5.26. The average molecular weight is 398 g/mol. The molecule has 1 saturated heterocycles. The zero-order valence-electron chi connectivity index (χ0n) is 12.6. The number of halogens is 1. The third-order valence-corrected chi connectivity index (χ3v) is 5.60. The minimum atomic E-state index is -0.570. The van der Waals surface area contributed by atoms with E-state index >= 15 is 0 Å². The molecule has 1 fully saturated rings. The first kappa shape index (κ1) is 16.3. The predicted molar refractivity (Wildman–Crippen MR) is 92.2 cm³/mol. The second-order valence-corrected chi connectivity index (χ2v) is 7.35. The molecule has 0 radical (unpaired) electrons. The van der Waals surface area contributed by atoms with Crippen molar-refractivity contribution in [2.45, 2.75) is 18.9 Å². The molecule has 1 aliphatic rings. The average Bonchev–Trinajstić information content (AvgIpc) is 2.96. The molecule has 0 unspecified atom stereocenters. The molecule has 0 saturated carbocycles. The maximum atomic E-state index is 12.5. The molecule has 0 bridgehead atoms. The normalized spacial score (nSPS) is 15.6. The van der Waals surface area contributed by atoms with Crippen molar-refractivity contribution >= 4 is 33.7 Å². The molecule has 23 heavy (non-hydrogen) atoms. The Morgan fingerprint density at radius 3 is 2.70 bits per heavy atom. The molecule has 0 N–H and O–H groups in total. The van der Waals surface area contributed by atoms with Crippen LogP contribution in [0.2, 0.25) is 0 Å². The van der Waals surface area contributed by atoms with E-state index in [2.05, 4.69) is 26.4 Å². The van der Waals surface area contributed by atoms with Gasteiger partial charge >= 0.3 is 11.7 Å². The van der Waals surface area contributed by atoms with Gasteiger partial charge in [0, 0.05) is 17.6 Å². The van der Waals surface area contributed by atoms with Crippen molar-refractivity contribution in [2.24, 2.45) is 0 Å². The van der Waals surface area contributed by atoms with E-state index in [0.717, 1.165) is 33.7 Å². The minimum absolute atomic E-state index is 0.143. The molecule has 1 aliphatic heterocycles. The Balaban J connectivity index is 1.88. The molecule has 1 aromatic carbocycles. The van der Waals surface area contributed by atoms with Crippen molar-refractivity contribution in [3.8, 4) is 5.69 Å². The third-order valence-electron chi connectivity index (χ3n) is 3.88. The first-order valence-electron chi connectivity index (χ1n) is 7.24. The van der Waals surface area contributed by atoms with Crippen molar-refractivity contribution in [3.63, 3.8) is 0 Å². The van der Waals surface area contributed by atoms with Crippen LogP contribution in [0.1, 0.15) is 12.8 Å². The molecule has 1 aromatic heterocycles. The van der Waals surface area contributed by atoms with Crippen molar-refractivity contribution in [1.82, 2.24) is 24.7 Å². The SMILES string of the molecule is CN(C(=O)n1nnn(-c2ccccc2Br)c1=O)C1CCSCC1. The fraction of sp³-hybridized carbons (Fsp3) is 0.429. The number of thioether (sulfide) groups is 1. The number of carbonyl (C=O) groups excluding carboxylic acids is 1. The third kappa shape index (κ3) is 3.20. The first-order valence-corrected chi connectivity index (χ1v) is 9.19. The van der Waals surface area contributed by atoms with E-state index in [9.17, 15) is 9.59 Å². The second-order valence-electron chi connectivity index (χ2n) is 5.27. The Morgan fingerprint density at radius 1 is 1.30 bits per heavy atom. The van der Waals surface area contributed by atoms with Gasteiger partial charge in [0.15, 0.2) is 0 Å². The fourth-order valence-electron chi connectivity index (χ4n) is 2.52. The van der Waals surface area contributed by atoms with Crippen LogP contribution in [-0.2, 0) is 0 Å². The molecule has 3 rings (SSSR count).